The molecule has 5 heteroatoms. The number of hydrogen-bond acceptors (Lipinski definition) is 4. The third-order valence-electron chi connectivity index (χ3n) is 14.2. The molecule has 0 heterocycles. The first-order chi connectivity index (χ1) is 33.0. The van der Waals surface area contributed by atoms with Crippen molar-refractivity contribution in [2.75, 3.05) is 6.61 Å². The van der Waals surface area contributed by atoms with Gasteiger partial charge >= 0.3 is 0 Å². The number of rotatable bonds is 56. The van der Waals surface area contributed by atoms with Gasteiger partial charge in [-0.3, -0.25) is 4.79 Å². The Hall–Kier alpha value is -1.43. The van der Waals surface area contributed by atoms with Gasteiger partial charge in [0.2, 0.25) is 5.91 Å². The van der Waals surface area contributed by atoms with Crippen molar-refractivity contribution in [1.29, 1.82) is 0 Å². The van der Waals surface area contributed by atoms with Gasteiger partial charge in [-0.15, -0.1) is 0 Å². The number of aliphatic hydroxyl groups is 3. The third kappa shape index (κ3) is 53.8. The van der Waals surface area contributed by atoms with Crippen LogP contribution in [0.15, 0.2) is 36.5 Å². The van der Waals surface area contributed by atoms with Crippen LogP contribution in [0.1, 0.15) is 328 Å². The Bertz CT molecular complexity index is 1040. The van der Waals surface area contributed by atoms with E-state index in [1.807, 2.05) is 6.08 Å². The molecule has 3 atom stereocenters. The quantitative estimate of drug-likeness (QED) is 0.0361. The van der Waals surface area contributed by atoms with Gasteiger partial charge in [0.05, 0.1) is 31.3 Å². The third-order valence-corrected chi connectivity index (χ3v) is 14.2. The van der Waals surface area contributed by atoms with Crippen LogP contribution >= 0.6 is 0 Å². The smallest absolute Gasteiger partial charge is 0.222 e. The zero-order valence-electron chi connectivity index (χ0n) is 45.3. The van der Waals surface area contributed by atoms with Crippen molar-refractivity contribution >= 4 is 5.91 Å². The summed E-state index contributed by atoms with van der Waals surface area (Å²) in [6, 6.07) is -0.767. The molecular weight excluding hydrogens is 823 g/mol. The zero-order valence-corrected chi connectivity index (χ0v) is 45.3. The van der Waals surface area contributed by atoms with Crippen molar-refractivity contribution in [1.82, 2.24) is 5.32 Å². The van der Waals surface area contributed by atoms with Gasteiger partial charge in [-0.05, 0) is 44.9 Å². The van der Waals surface area contributed by atoms with E-state index in [9.17, 15) is 20.1 Å². The Kier molecular flexibility index (Phi) is 55.9. The second-order valence-corrected chi connectivity index (χ2v) is 21.0. The molecule has 0 aromatic rings. The second-order valence-electron chi connectivity index (χ2n) is 21.0. The van der Waals surface area contributed by atoms with Crippen LogP contribution in [0, 0.1) is 0 Å². The fourth-order valence-electron chi connectivity index (χ4n) is 9.55. The molecule has 0 aliphatic carbocycles. The Morgan fingerprint density at radius 2 is 0.642 bits per heavy atom. The molecule has 0 spiro atoms. The lowest BCUT2D eigenvalue weighted by molar-refractivity contribution is -0.124. The summed E-state index contributed by atoms with van der Waals surface area (Å²) in [6.07, 6.45) is 75.0. The van der Waals surface area contributed by atoms with Crippen LogP contribution in [0.5, 0.6) is 0 Å². The normalized spacial score (nSPS) is 13.4. The summed E-state index contributed by atoms with van der Waals surface area (Å²) in [5.41, 5.74) is 0. The molecule has 0 aliphatic rings. The van der Waals surface area contributed by atoms with Crippen LogP contribution in [0.2, 0.25) is 0 Å². The molecule has 0 aliphatic heterocycles. The molecule has 3 unspecified atom stereocenters. The zero-order chi connectivity index (χ0) is 48.6. The predicted molar refractivity (Wildman–Crippen MR) is 296 cm³/mol. The van der Waals surface area contributed by atoms with E-state index in [0.29, 0.717) is 6.42 Å². The van der Waals surface area contributed by atoms with E-state index in [0.717, 1.165) is 38.5 Å². The molecule has 396 valence electrons. The van der Waals surface area contributed by atoms with E-state index < -0.39 is 18.2 Å². The van der Waals surface area contributed by atoms with E-state index in [1.165, 1.54) is 263 Å². The summed E-state index contributed by atoms with van der Waals surface area (Å²) < 4.78 is 0. The van der Waals surface area contributed by atoms with Gasteiger partial charge in [-0.25, -0.2) is 0 Å². The van der Waals surface area contributed by atoms with E-state index in [-0.39, 0.29) is 18.9 Å². The molecule has 0 aromatic carbocycles. The first-order valence-corrected chi connectivity index (χ1v) is 30.3. The van der Waals surface area contributed by atoms with E-state index in [4.69, 9.17) is 0 Å². The van der Waals surface area contributed by atoms with E-state index >= 15 is 0 Å². The van der Waals surface area contributed by atoms with Crippen molar-refractivity contribution in [3.63, 3.8) is 0 Å². The van der Waals surface area contributed by atoms with Gasteiger partial charge in [0.25, 0.3) is 0 Å². The minimum atomic E-state index is -0.960. The number of allylic oxidation sites excluding steroid dienone is 5. The molecule has 5 nitrogen and oxygen atoms in total. The summed E-state index contributed by atoms with van der Waals surface area (Å²) >= 11 is 0. The SMILES string of the molecule is CCCCCCCCCCCCCC/C=C/CC/C=C/CC/C=C/C(O)C(CO)NC(=O)CC(O)CCCCCCCCCCCCCCCCCCCCCCCCCCCCCCCC. The van der Waals surface area contributed by atoms with Gasteiger partial charge in [0, 0.05) is 0 Å². The van der Waals surface area contributed by atoms with Gasteiger partial charge in [0.1, 0.15) is 0 Å². The highest BCUT2D eigenvalue weighted by Gasteiger charge is 2.20. The van der Waals surface area contributed by atoms with Crippen LogP contribution in [-0.4, -0.2) is 46.1 Å². The highest BCUT2D eigenvalue weighted by Crippen LogP contribution is 2.18. The second kappa shape index (κ2) is 57.2. The first-order valence-electron chi connectivity index (χ1n) is 30.3. The van der Waals surface area contributed by atoms with Crippen LogP contribution in [0.25, 0.3) is 0 Å². The molecule has 67 heavy (non-hydrogen) atoms. The summed E-state index contributed by atoms with van der Waals surface area (Å²) in [6.45, 7) is 4.24. The lowest BCUT2D eigenvalue weighted by atomic mass is 10.0. The Balaban J connectivity index is 3.56. The summed E-state index contributed by atoms with van der Waals surface area (Å²) in [4.78, 5) is 12.5. The Morgan fingerprint density at radius 1 is 0.373 bits per heavy atom. The molecule has 0 fully saturated rings. The molecule has 0 saturated heterocycles. The van der Waals surface area contributed by atoms with Crippen LogP contribution in [-0.2, 0) is 4.79 Å². The number of aliphatic hydroxyl groups excluding tert-OH is 3. The summed E-state index contributed by atoms with van der Waals surface area (Å²) in [5, 5.41) is 33.5. The van der Waals surface area contributed by atoms with Crippen LogP contribution < -0.4 is 5.32 Å². The molecule has 0 rings (SSSR count). The molecule has 0 aromatic heterocycles. The van der Waals surface area contributed by atoms with Crippen molar-refractivity contribution < 1.29 is 20.1 Å². The van der Waals surface area contributed by atoms with Gasteiger partial charge in [0.15, 0.2) is 0 Å². The number of carbonyl (C=O) groups excluding carboxylic acids is 1. The first kappa shape index (κ1) is 65.6. The molecular formula is C62H119NO4. The fourth-order valence-corrected chi connectivity index (χ4v) is 9.55. The lowest BCUT2D eigenvalue weighted by Gasteiger charge is -2.21. The van der Waals surface area contributed by atoms with Gasteiger partial charge in [-0.1, -0.05) is 314 Å². The predicted octanol–water partition coefficient (Wildman–Crippen LogP) is 19.0. The highest BCUT2D eigenvalue weighted by molar-refractivity contribution is 5.76. The topological polar surface area (TPSA) is 89.8 Å². The van der Waals surface area contributed by atoms with Gasteiger partial charge in [-0.2, -0.15) is 0 Å². The molecule has 1 amide bonds. The maximum atomic E-state index is 12.5. The van der Waals surface area contributed by atoms with E-state index in [1.54, 1.807) is 6.08 Å². The van der Waals surface area contributed by atoms with Crippen LogP contribution in [0.4, 0.5) is 0 Å². The number of carbonyl (C=O) groups is 1. The number of hydrogen-bond donors (Lipinski definition) is 4. The Labute approximate surface area is 419 Å². The van der Waals surface area contributed by atoms with Crippen molar-refractivity contribution in [3.8, 4) is 0 Å². The standard InChI is InChI=1S/C62H119NO4/c1-3-5-7-9-11-13-15-17-19-21-23-25-27-28-29-30-31-32-33-34-35-37-39-41-43-45-47-49-51-53-55-59(65)57-62(67)63-60(58-64)61(66)56-54-52-50-48-46-44-42-40-38-36-26-24-22-20-18-16-14-12-10-8-6-4-2/h38,40,46,48,54,56,59-61,64-66H,3-37,39,41-45,47,49-53,55,57-58H2,1-2H3,(H,63,67)/b40-38+,48-46+,56-54+. The average Bonchev–Trinajstić information content (AvgIpc) is 3.32. The monoisotopic (exact) mass is 942 g/mol. The minimum Gasteiger partial charge on any atom is -0.394 e. The molecule has 4 N–H and O–H groups in total. The highest BCUT2D eigenvalue weighted by atomic mass is 16.3. The number of nitrogens with one attached hydrogen (secondary N) is 1. The summed E-state index contributed by atoms with van der Waals surface area (Å²) in [5.74, 6) is -0.323. The summed E-state index contributed by atoms with van der Waals surface area (Å²) in [7, 11) is 0. The maximum absolute atomic E-state index is 12.5. The molecule has 0 saturated carbocycles. The molecule has 0 radical (unpaired) electrons. The van der Waals surface area contributed by atoms with Crippen LogP contribution in [0.3, 0.4) is 0 Å². The fraction of sp³-hybridized carbons (Fsp3) is 0.887. The van der Waals surface area contributed by atoms with E-state index in [2.05, 4.69) is 43.5 Å². The minimum absolute atomic E-state index is 0.00584. The van der Waals surface area contributed by atoms with Crippen molar-refractivity contribution in [2.45, 2.75) is 347 Å². The number of amides is 1. The largest absolute Gasteiger partial charge is 0.394 e. The number of unbranched alkanes of at least 4 members (excludes halogenated alkanes) is 43. The Morgan fingerprint density at radius 3 is 0.955 bits per heavy atom. The molecule has 0 bridgehead atoms. The maximum Gasteiger partial charge on any atom is 0.222 e. The average molecular weight is 943 g/mol. The van der Waals surface area contributed by atoms with Crippen molar-refractivity contribution in [2.24, 2.45) is 0 Å². The van der Waals surface area contributed by atoms with Crippen molar-refractivity contribution in [3.05, 3.63) is 36.5 Å². The van der Waals surface area contributed by atoms with Gasteiger partial charge < -0.3 is 20.6 Å². The lowest BCUT2D eigenvalue weighted by Crippen LogP contribution is -2.45.